The Labute approximate surface area is 103 Å². The van der Waals surface area contributed by atoms with Crippen LogP contribution in [0.15, 0.2) is 24.3 Å². The maximum absolute atomic E-state index is 11.3. The van der Waals surface area contributed by atoms with E-state index in [1.54, 1.807) is 0 Å². The van der Waals surface area contributed by atoms with Crippen molar-refractivity contribution in [3.8, 4) is 11.8 Å². The molecule has 2 N–H and O–H groups in total. The molecule has 98 valence electrons. The first-order valence-corrected chi connectivity index (χ1v) is 5.10. The zero-order valence-corrected chi connectivity index (χ0v) is 9.70. The molecule has 18 heavy (non-hydrogen) atoms. The van der Waals surface area contributed by atoms with Crippen LogP contribution in [0.5, 0.6) is 11.8 Å². The average Bonchev–Trinajstić information content (AvgIpc) is 2.60. The maximum Gasteiger partial charge on any atom is 0.336 e. The molecule has 0 aliphatic heterocycles. The molecule has 0 spiro atoms. The van der Waals surface area contributed by atoms with Gasteiger partial charge in [0.05, 0.1) is 6.42 Å². The van der Waals surface area contributed by atoms with Crippen molar-refractivity contribution < 1.29 is 29.4 Å². The van der Waals surface area contributed by atoms with Crippen LogP contribution in [0.3, 0.4) is 0 Å². The first-order valence-electron chi connectivity index (χ1n) is 5.10. The summed E-state index contributed by atoms with van der Waals surface area (Å²) in [6, 6.07) is 2.36. The minimum atomic E-state index is -0.684. The van der Waals surface area contributed by atoms with Crippen LogP contribution >= 0.6 is 0 Å². The first-order chi connectivity index (χ1) is 8.50. The van der Waals surface area contributed by atoms with Gasteiger partial charge in [-0.1, -0.05) is 12.2 Å². The largest absolute Gasteiger partial charge is 0.492 e. The molecule has 0 aliphatic carbocycles. The number of hydrogen-bond donors (Lipinski definition) is 2. The molecule has 7 heteroatoms. The summed E-state index contributed by atoms with van der Waals surface area (Å²) in [6.07, 6.45) is 2.85. The Hall–Kier alpha value is -2.44. The van der Waals surface area contributed by atoms with E-state index in [0.29, 0.717) is 4.73 Å². The SMILES string of the molecule is CC(=O)OCC=CCC(=O)On1c(O)ccc1O. The lowest BCUT2D eigenvalue weighted by Crippen LogP contribution is -2.18. The van der Waals surface area contributed by atoms with Gasteiger partial charge in [-0.25, -0.2) is 4.79 Å². The van der Waals surface area contributed by atoms with Crippen molar-refractivity contribution >= 4 is 11.9 Å². The highest BCUT2D eigenvalue weighted by Crippen LogP contribution is 2.18. The molecule has 0 saturated heterocycles. The average molecular weight is 255 g/mol. The molecule has 0 bridgehead atoms. The monoisotopic (exact) mass is 255 g/mol. The van der Waals surface area contributed by atoms with Crippen molar-refractivity contribution in [3.63, 3.8) is 0 Å². The van der Waals surface area contributed by atoms with E-state index in [1.807, 2.05) is 0 Å². The number of carbonyl (C=O) groups excluding carboxylic acids is 2. The predicted octanol–water partition coefficient (Wildman–Crippen LogP) is 0.364. The lowest BCUT2D eigenvalue weighted by molar-refractivity contribution is -0.144. The molecule has 0 amide bonds. The third kappa shape index (κ3) is 4.20. The Morgan fingerprint density at radius 3 is 2.44 bits per heavy atom. The lowest BCUT2D eigenvalue weighted by Gasteiger charge is -2.05. The summed E-state index contributed by atoms with van der Waals surface area (Å²) >= 11 is 0. The number of aromatic nitrogens is 1. The molecular formula is C11H13NO6. The molecule has 1 heterocycles. The number of carbonyl (C=O) groups is 2. The fourth-order valence-electron chi connectivity index (χ4n) is 1.05. The normalized spacial score (nSPS) is 10.5. The van der Waals surface area contributed by atoms with Gasteiger partial charge >= 0.3 is 11.9 Å². The number of rotatable bonds is 5. The van der Waals surface area contributed by atoms with Crippen molar-refractivity contribution in [2.24, 2.45) is 0 Å². The van der Waals surface area contributed by atoms with Crippen molar-refractivity contribution in [2.75, 3.05) is 6.61 Å². The highest BCUT2D eigenvalue weighted by Gasteiger charge is 2.10. The Balaban J connectivity index is 2.36. The highest BCUT2D eigenvalue weighted by atomic mass is 16.7. The van der Waals surface area contributed by atoms with E-state index in [1.165, 1.54) is 31.2 Å². The molecule has 0 aliphatic rings. The van der Waals surface area contributed by atoms with Gasteiger partial charge in [0, 0.05) is 19.1 Å². The quantitative estimate of drug-likeness (QED) is 0.582. The molecule has 0 unspecified atom stereocenters. The molecule has 1 aromatic rings. The Morgan fingerprint density at radius 2 is 1.89 bits per heavy atom. The van der Waals surface area contributed by atoms with Crippen LogP contribution in [0.1, 0.15) is 13.3 Å². The first kappa shape index (κ1) is 13.6. The predicted molar refractivity (Wildman–Crippen MR) is 59.7 cm³/mol. The van der Waals surface area contributed by atoms with Crippen LogP contribution in [0.25, 0.3) is 0 Å². The molecular weight excluding hydrogens is 242 g/mol. The summed E-state index contributed by atoms with van der Waals surface area (Å²) in [6.45, 7) is 1.35. The third-order valence-electron chi connectivity index (χ3n) is 1.82. The van der Waals surface area contributed by atoms with Crippen molar-refractivity contribution in [2.45, 2.75) is 13.3 Å². The molecule has 0 fully saturated rings. The summed E-state index contributed by atoms with van der Waals surface area (Å²) in [5, 5.41) is 18.4. The molecule has 0 saturated carbocycles. The summed E-state index contributed by atoms with van der Waals surface area (Å²) in [5.41, 5.74) is 0. The van der Waals surface area contributed by atoms with Gasteiger partial charge in [-0.2, -0.15) is 0 Å². The molecule has 0 radical (unpaired) electrons. The van der Waals surface area contributed by atoms with Gasteiger partial charge in [0.15, 0.2) is 0 Å². The molecule has 1 rings (SSSR count). The lowest BCUT2D eigenvalue weighted by atomic mass is 10.4. The van der Waals surface area contributed by atoms with E-state index >= 15 is 0 Å². The molecule has 1 aromatic heterocycles. The van der Waals surface area contributed by atoms with E-state index in [-0.39, 0.29) is 24.8 Å². The minimum Gasteiger partial charge on any atom is -0.492 e. The topological polar surface area (TPSA) is 98.0 Å². The van der Waals surface area contributed by atoms with Crippen LogP contribution in [-0.4, -0.2) is 33.5 Å². The van der Waals surface area contributed by atoms with E-state index in [4.69, 9.17) is 0 Å². The Bertz CT molecular complexity index is 443. The number of nitrogens with zero attached hydrogens (tertiary/aromatic N) is 1. The van der Waals surface area contributed by atoms with Crippen LogP contribution in [-0.2, 0) is 14.3 Å². The summed E-state index contributed by atoms with van der Waals surface area (Å²) in [7, 11) is 0. The highest BCUT2D eigenvalue weighted by molar-refractivity contribution is 5.71. The second kappa shape index (κ2) is 6.33. The minimum absolute atomic E-state index is 0.0721. The number of ether oxygens (including phenoxy) is 1. The fourth-order valence-corrected chi connectivity index (χ4v) is 1.05. The third-order valence-corrected chi connectivity index (χ3v) is 1.82. The van der Waals surface area contributed by atoms with Crippen molar-refractivity contribution in [1.29, 1.82) is 0 Å². The number of aromatic hydroxyl groups is 2. The van der Waals surface area contributed by atoms with Crippen molar-refractivity contribution in [3.05, 3.63) is 24.3 Å². The van der Waals surface area contributed by atoms with Gasteiger partial charge in [-0.05, 0) is 0 Å². The Kier molecular flexibility index (Phi) is 4.79. The molecule has 7 nitrogen and oxygen atoms in total. The molecule has 0 atom stereocenters. The number of esters is 1. The molecule has 0 aromatic carbocycles. The Morgan fingerprint density at radius 1 is 1.28 bits per heavy atom. The second-order valence-electron chi connectivity index (χ2n) is 3.29. The van der Waals surface area contributed by atoms with Gasteiger partial charge in [-0.3, -0.25) is 4.79 Å². The number of hydrogen-bond acceptors (Lipinski definition) is 6. The van der Waals surface area contributed by atoms with Gasteiger partial charge in [-0.15, -0.1) is 4.73 Å². The standard InChI is InChI=1S/C11H13NO6/c1-8(13)17-7-3-2-4-11(16)18-12-9(14)5-6-10(12)15/h2-3,5-6,14-15H,4,7H2,1H3. The van der Waals surface area contributed by atoms with E-state index in [9.17, 15) is 19.8 Å². The van der Waals surface area contributed by atoms with E-state index < -0.39 is 11.9 Å². The van der Waals surface area contributed by atoms with E-state index in [2.05, 4.69) is 9.57 Å². The fraction of sp³-hybridized carbons (Fsp3) is 0.273. The van der Waals surface area contributed by atoms with Crippen LogP contribution in [0, 0.1) is 0 Å². The smallest absolute Gasteiger partial charge is 0.336 e. The van der Waals surface area contributed by atoms with Crippen LogP contribution in [0.4, 0.5) is 0 Å². The maximum atomic E-state index is 11.3. The summed E-state index contributed by atoms with van der Waals surface area (Å²) in [5.74, 6) is -1.87. The van der Waals surface area contributed by atoms with Gasteiger partial charge in [0.1, 0.15) is 6.61 Å². The summed E-state index contributed by atoms with van der Waals surface area (Å²) < 4.78 is 5.20. The van der Waals surface area contributed by atoms with Crippen molar-refractivity contribution in [1.82, 2.24) is 4.73 Å². The van der Waals surface area contributed by atoms with Gasteiger partial charge < -0.3 is 19.8 Å². The van der Waals surface area contributed by atoms with Crippen LogP contribution < -0.4 is 4.84 Å². The van der Waals surface area contributed by atoms with Gasteiger partial charge in [0.25, 0.3) is 0 Å². The summed E-state index contributed by atoms with van der Waals surface area (Å²) in [4.78, 5) is 26.4. The zero-order valence-electron chi connectivity index (χ0n) is 9.70. The zero-order chi connectivity index (χ0) is 13.5. The second-order valence-corrected chi connectivity index (χ2v) is 3.29. The van der Waals surface area contributed by atoms with Gasteiger partial charge in [0.2, 0.25) is 11.8 Å². The van der Waals surface area contributed by atoms with Crippen LogP contribution in [0.2, 0.25) is 0 Å². The van der Waals surface area contributed by atoms with E-state index in [0.717, 1.165) is 0 Å².